The molecule has 0 radical (unpaired) electrons. The average Bonchev–Trinajstić information content (AvgIpc) is 2.54. The largest absolute Gasteiger partial charge is 0.703 e. The lowest BCUT2D eigenvalue weighted by molar-refractivity contribution is -0.542. The highest BCUT2D eigenvalue weighted by molar-refractivity contribution is 6.53. The minimum Gasteiger partial charge on any atom is -0.604 e. The topological polar surface area (TPSA) is 38.4 Å². The van der Waals surface area contributed by atoms with Gasteiger partial charge < -0.3 is 17.8 Å². The Labute approximate surface area is 137 Å². The maximum atomic E-state index is 14.8. The molecular formula is C17H14BF2N3O. The average molecular weight is 325 g/mol. The number of halogens is 2. The van der Waals surface area contributed by atoms with E-state index in [1.807, 2.05) is 19.1 Å². The lowest BCUT2D eigenvalue weighted by atomic mass is 10.0. The van der Waals surface area contributed by atoms with Crippen molar-refractivity contribution in [2.24, 2.45) is 4.99 Å². The van der Waals surface area contributed by atoms with Crippen molar-refractivity contribution < 1.29 is 17.8 Å². The Balaban J connectivity index is 2.01. The molecule has 0 amide bonds. The van der Waals surface area contributed by atoms with Crippen LogP contribution in [0, 0.1) is 13.8 Å². The van der Waals surface area contributed by atoms with E-state index in [2.05, 4.69) is 9.98 Å². The van der Waals surface area contributed by atoms with Crippen LogP contribution in [0.2, 0.25) is 0 Å². The summed E-state index contributed by atoms with van der Waals surface area (Å²) in [4.78, 5) is 8.57. The fourth-order valence-corrected chi connectivity index (χ4v) is 2.98. The molecule has 0 saturated carbocycles. The lowest BCUT2D eigenvalue weighted by Gasteiger charge is -2.30. The molecule has 0 aliphatic carbocycles. The first kappa shape index (κ1) is 14.7. The number of fused-ring (bicyclic) bond motifs is 3. The summed E-state index contributed by atoms with van der Waals surface area (Å²) in [5, 5.41) is 0.660. The van der Waals surface area contributed by atoms with Crippen LogP contribution in [-0.4, -0.2) is 17.9 Å². The first-order valence-electron chi connectivity index (χ1n) is 7.62. The Bertz CT molecular complexity index is 990. The second-order valence-electron chi connectivity index (χ2n) is 5.84. The van der Waals surface area contributed by atoms with Gasteiger partial charge in [-0.3, -0.25) is 0 Å². The van der Waals surface area contributed by atoms with Crippen molar-refractivity contribution in [3.8, 4) is 0 Å². The van der Waals surface area contributed by atoms with Gasteiger partial charge in [-0.2, -0.15) is 0 Å². The van der Waals surface area contributed by atoms with Crippen LogP contribution in [0.25, 0.3) is 11.0 Å². The molecule has 1 aliphatic rings. The molecular weight excluding hydrogens is 311 g/mol. The lowest BCUT2D eigenvalue weighted by Crippen LogP contribution is -2.64. The van der Waals surface area contributed by atoms with Crippen molar-refractivity contribution in [2.75, 3.05) is 0 Å². The van der Waals surface area contributed by atoms with Gasteiger partial charge >= 0.3 is 7.04 Å². The highest BCUT2D eigenvalue weighted by atomic mass is 19.3. The second-order valence-corrected chi connectivity index (χ2v) is 5.84. The van der Waals surface area contributed by atoms with Gasteiger partial charge in [0.15, 0.2) is 0 Å². The third-order valence-corrected chi connectivity index (χ3v) is 4.04. The first-order chi connectivity index (χ1) is 11.5. The molecule has 120 valence electrons. The zero-order valence-corrected chi connectivity index (χ0v) is 13.2. The van der Waals surface area contributed by atoms with Gasteiger partial charge in [-0.05, 0) is 43.7 Å². The molecule has 3 aromatic rings. The van der Waals surface area contributed by atoms with E-state index >= 15 is 0 Å². The molecule has 0 spiro atoms. The number of aromatic nitrogens is 2. The zero-order chi connectivity index (χ0) is 16.9. The minimum absolute atomic E-state index is 0.0793. The Kier molecular flexibility index (Phi) is 3.13. The molecule has 7 heteroatoms. The maximum Gasteiger partial charge on any atom is 0.703 e. The number of aliphatic imine (C=N–C) groups is 1. The molecule has 2 aromatic heterocycles. The van der Waals surface area contributed by atoms with E-state index in [4.69, 9.17) is 4.65 Å². The van der Waals surface area contributed by atoms with Crippen LogP contribution in [0.4, 0.5) is 14.4 Å². The summed E-state index contributed by atoms with van der Waals surface area (Å²) in [5.74, 6) is 0.0550. The first-order valence-corrected chi connectivity index (χ1v) is 7.62. The number of pyridine rings is 2. The summed E-state index contributed by atoms with van der Waals surface area (Å²) in [6.07, 6.45) is 0. The molecule has 0 saturated heterocycles. The van der Waals surface area contributed by atoms with Crippen LogP contribution >= 0.6 is 0 Å². The smallest absolute Gasteiger partial charge is 0.604 e. The number of hydrogen-bond acceptors (Lipinski definition) is 3. The normalized spacial score (nSPS) is 15.6. The van der Waals surface area contributed by atoms with Gasteiger partial charge in [0.05, 0.1) is 10.9 Å². The Hall–Kier alpha value is -2.83. The van der Waals surface area contributed by atoms with Gasteiger partial charge in [-0.25, -0.2) is 0 Å². The monoisotopic (exact) mass is 325 g/mol. The zero-order valence-electron chi connectivity index (χ0n) is 13.2. The van der Waals surface area contributed by atoms with Crippen LogP contribution < -0.4 is 4.48 Å². The van der Waals surface area contributed by atoms with E-state index in [0.29, 0.717) is 16.6 Å². The van der Waals surface area contributed by atoms with Crippen LogP contribution in [-0.2, 0) is 4.65 Å². The van der Waals surface area contributed by atoms with Gasteiger partial charge in [0, 0.05) is 6.07 Å². The molecule has 3 heterocycles. The molecule has 0 atom stereocenters. The Morgan fingerprint density at radius 1 is 1.04 bits per heavy atom. The third-order valence-electron chi connectivity index (χ3n) is 4.04. The minimum atomic E-state index is -4.33. The molecule has 24 heavy (non-hydrogen) atoms. The molecule has 0 bridgehead atoms. The van der Waals surface area contributed by atoms with E-state index in [0.717, 1.165) is 10.0 Å². The van der Waals surface area contributed by atoms with Gasteiger partial charge in [0.1, 0.15) is 5.69 Å². The predicted molar refractivity (Wildman–Crippen MR) is 88.5 cm³/mol. The van der Waals surface area contributed by atoms with Gasteiger partial charge in [-0.1, -0.05) is 23.2 Å². The van der Waals surface area contributed by atoms with Crippen molar-refractivity contribution in [2.45, 2.75) is 13.8 Å². The SMILES string of the molecule is Cc1cc(C)c2ccc3[n+](c2n1)[B-](F)(F)OC(c1ccccc1)=N3. The molecule has 0 N–H and O–H groups in total. The van der Waals surface area contributed by atoms with Crippen molar-refractivity contribution in [1.82, 2.24) is 4.98 Å². The highest BCUT2D eigenvalue weighted by Gasteiger charge is 2.45. The van der Waals surface area contributed by atoms with E-state index in [1.54, 1.807) is 43.3 Å². The van der Waals surface area contributed by atoms with Gasteiger partial charge in [0.2, 0.25) is 11.5 Å². The van der Waals surface area contributed by atoms with Crippen LogP contribution in [0.5, 0.6) is 0 Å². The van der Waals surface area contributed by atoms with E-state index in [9.17, 15) is 8.63 Å². The number of hydrogen-bond donors (Lipinski definition) is 0. The van der Waals surface area contributed by atoms with Crippen molar-refractivity contribution in [3.05, 3.63) is 65.4 Å². The molecule has 4 rings (SSSR count). The molecule has 0 fully saturated rings. The predicted octanol–water partition coefficient (Wildman–Crippen LogP) is 3.47. The third kappa shape index (κ3) is 2.24. The van der Waals surface area contributed by atoms with E-state index < -0.39 is 7.04 Å². The Morgan fingerprint density at radius 3 is 2.54 bits per heavy atom. The standard InChI is InChI=1S/C17H14BF2N3O/c1-11-10-12(2)21-16-14(11)8-9-15-22-17(13-6-4-3-5-7-13)24-18(19,20)23(15)16/h3-10H,1-2H3. The maximum absolute atomic E-state index is 14.8. The van der Waals surface area contributed by atoms with Crippen LogP contribution in [0.3, 0.4) is 0 Å². The van der Waals surface area contributed by atoms with Crippen molar-refractivity contribution >= 4 is 29.8 Å². The molecule has 0 unspecified atom stereocenters. The fourth-order valence-electron chi connectivity index (χ4n) is 2.98. The summed E-state index contributed by atoms with van der Waals surface area (Å²) in [6, 6.07) is 13.9. The summed E-state index contributed by atoms with van der Waals surface area (Å²) in [5.41, 5.74) is 2.26. The van der Waals surface area contributed by atoms with Crippen LogP contribution in [0.1, 0.15) is 16.8 Å². The molecule has 4 nitrogen and oxygen atoms in total. The summed E-state index contributed by atoms with van der Waals surface area (Å²) >= 11 is 0. The quantitative estimate of drug-likeness (QED) is 0.643. The molecule has 1 aromatic carbocycles. The van der Waals surface area contributed by atoms with Crippen molar-refractivity contribution in [3.63, 3.8) is 0 Å². The summed E-state index contributed by atoms with van der Waals surface area (Å²) < 4.78 is 35.4. The second kappa shape index (κ2) is 5.09. The van der Waals surface area contributed by atoms with Crippen molar-refractivity contribution in [1.29, 1.82) is 0 Å². The number of aryl methyl sites for hydroxylation is 2. The highest BCUT2D eigenvalue weighted by Crippen LogP contribution is 2.26. The van der Waals surface area contributed by atoms with E-state index in [-0.39, 0.29) is 17.4 Å². The van der Waals surface area contributed by atoms with Gasteiger partial charge in [0.25, 0.3) is 5.90 Å². The number of nitrogens with zero attached hydrogens (tertiary/aromatic N) is 3. The fraction of sp³-hybridized carbons (Fsp3) is 0.118. The van der Waals surface area contributed by atoms with E-state index in [1.165, 1.54) is 0 Å². The molecule has 1 aliphatic heterocycles. The van der Waals surface area contributed by atoms with Crippen LogP contribution in [0.15, 0.2) is 53.5 Å². The number of benzene rings is 1. The van der Waals surface area contributed by atoms with Gasteiger partial charge in [-0.15, -0.1) is 4.98 Å². The number of rotatable bonds is 1. The Morgan fingerprint density at radius 2 is 1.79 bits per heavy atom. The summed E-state index contributed by atoms with van der Waals surface area (Å²) in [6.45, 7) is 3.65. The summed E-state index contributed by atoms with van der Waals surface area (Å²) in [7, 11) is -4.33.